The van der Waals surface area contributed by atoms with Crippen LogP contribution in [-0.2, 0) is 29.5 Å². The summed E-state index contributed by atoms with van der Waals surface area (Å²) in [5.74, 6) is 0.426. The molecule has 4 rings (SSSR count). The van der Waals surface area contributed by atoms with Gasteiger partial charge < -0.3 is 15.6 Å². The predicted octanol–water partition coefficient (Wildman–Crippen LogP) is 1.61. The Morgan fingerprint density at radius 3 is 2.93 bits per heavy atom. The van der Waals surface area contributed by atoms with Crippen molar-refractivity contribution < 1.29 is 8.42 Å². The number of nitrogens with zero attached hydrogens (tertiary/aromatic N) is 3. The Balaban J connectivity index is 1.67. The lowest BCUT2D eigenvalue weighted by Gasteiger charge is -2.19. The molecule has 0 bridgehead atoms. The normalized spacial score (nSPS) is 14.1. The average molecular weight is 386 g/mol. The maximum absolute atomic E-state index is 11.9. The number of fused-ring (bicyclic) bond motifs is 3. The molecule has 0 saturated heterocycles. The standard InChI is InChI=1S/C18H22N6O2S/c1-24(27(2,25)26)18-12(4-3-7-21-18)10-22-15-6-9-20-17-16(15)13-11-19-8-5-14(13)23-17/h3-4,6-7,9,19H,5,8,10-11H2,1-2H3,(H2,20,22,23). The average Bonchev–Trinajstić information content (AvgIpc) is 3.04. The van der Waals surface area contributed by atoms with Gasteiger partial charge in [0.25, 0.3) is 0 Å². The summed E-state index contributed by atoms with van der Waals surface area (Å²) in [7, 11) is -1.87. The van der Waals surface area contributed by atoms with Crippen molar-refractivity contribution in [1.82, 2.24) is 20.3 Å². The topological polar surface area (TPSA) is 103 Å². The van der Waals surface area contributed by atoms with Crippen molar-refractivity contribution in [2.75, 3.05) is 29.5 Å². The van der Waals surface area contributed by atoms with Crippen LogP contribution in [0.5, 0.6) is 0 Å². The maximum atomic E-state index is 11.9. The van der Waals surface area contributed by atoms with Gasteiger partial charge in [-0.15, -0.1) is 0 Å². The molecule has 1 aliphatic rings. The molecule has 0 atom stereocenters. The molecule has 27 heavy (non-hydrogen) atoms. The van der Waals surface area contributed by atoms with Crippen molar-refractivity contribution in [2.24, 2.45) is 0 Å². The molecule has 0 unspecified atom stereocenters. The highest BCUT2D eigenvalue weighted by atomic mass is 32.2. The van der Waals surface area contributed by atoms with Gasteiger partial charge in [-0.1, -0.05) is 6.07 Å². The second-order valence-electron chi connectivity index (χ2n) is 6.66. The number of aromatic amines is 1. The summed E-state index contributed by atoms with van der Waals surface area (Å²) in [4.78, 5) is 12.1. The van der Waals surface area contributed by atoms with Crippen molar-refractivity contribution in [3.8, 4) is 0 Å². The second kappa shape index (κ2) is 6.82. The Morgan fingerprint density at radius 1 is 1.26 bits per heavy atom. The van der Waals surface area contributed by atoms with Gasteiger partial charge in [-0.25, -0.2) is 18.4 Å². The molecule has 0 saturated carbocycles. The number of pyridine rings is 2. The van der Waals surface area contributed by atoms with E-state index >= 15 is 0 Å². The quantitative estimate of drug-likeness (QED) is 0.616. The summed E-state index contributed by atoms with van der Waals surface area (Å²) in [6.07, 6.45) is 5.49. The van der Waals surface area contributed by atoms with Crippen LogP contribution in [0, 0.1) is 0 Å². The molecule has 8 nitrogen and oxygen atoms in total. The number of hydrogen-bond acceptors (Lipinski definition) is 6. The van der Waals surface area contributed by atoms with Crippen LogP contribution in [0.4, 0.5) is 11.5 Å². The smallest absolute Gasteiger partial charge is 0.233 e. The van der Waals surface area contributed by atoms with Gasteiger partial charge >= 0.3 is 0 Å². The molecular formula is C18H22N6O2S. The van der Waals surface area contributed by atoms with Gasteiger partial charge in [-0.3, -0.25) is 4.31 Å². The van der Waals surface area contributed by atoms with Crippen LogP contribution in [0.15, 0.2) is 30.6 Å². The van der Waals surface area contributed by atoms with E-state index in [4.69, 9.17) is 0 Å². The zero-order valence-corrected chi connectivity index (χ0v) is 16.1. The number of nitrogens with one attached hydrogen (secondary N) is 3. The van der Waals surface area contributed by atoms with E-state index in [0.717, 1.165) is 41.8 Å². The van der Waals surface area contributed by atoms with Crippen molar-refractivity contribution >= 4 is 32.6 Å². The number of sulfonamides is 1. The zero-order chi connectivity index (χ0) is 19.0. The molecule has 3 aromatic heterocycles. The molecular weight excluding hydrogens is 364 g/mol. The number of rotatable bonds is 5. The van der Waals surface area contributed by atoms with Gasteiger partial charge in [0.05, 0.1) is 6.26 Å². The van der Waals surface area contributed by atoms with Crippen LogP contribution in [0.25, 0.3) is 11.0 Å². The van der Waals surface area contributed by atoms with Crippen molar-refractivity contribution in [3.63, 3.8) is 0 Å². The van der Waals surface area contributed by atoms with Crippen LogP contribution in [0.1, 0.15) is 16.8 Å². The van der Waals surface area contributed by atoms with Crippen LogP contribution >= 0.6 is 0 Å². The first-order valence-electron chi connectivity index (χ1n) is 8.76. The predicted molar refractivity (Wildman–Crippen MR) is 106 cm³/mol. The number of hydrogen-bond donors (Lipinski definition) is 3. The number of H-pyrrole nitrogens is 1. The van der Waals surface area contributed by atoms with Crippen molar-refractivity contribution in [2.45, 2.75) is 19.5 Å². The Bertz CT molecular complexity index is 1090. The fourth-order valence-corrected chi connectivity index (χ4v) is 3.89. The minimum absolute atomic E-state index is 0.426. The molecule has 3 N–H and O–H groups in total. The molecule has 0 amide bonds. The first kappa shape index (κ1) is 17.7. The third-order valence-electron chi connectivity index (χ3n) is 4.87. The second-order valence-corrected chi connectivity index (χ2v) is 8.67. The van der Waals surface area contributed by atoms with Crippen LogP contribution < -0.4 is 14.9 Å². The monoisotopic (exact) mass is 386 g/mol. The van der Waals surface area contributed by atoms with E-state index in [-0.39, 0.29) is 0 Å². The van der Waals surface area contributed by atoms with Crippen LogP contribution in [0.2, 0.25) is 0 Å². The molecule has 4 heterocycles. The highest BCUT2D eigenvalue weighted by molar-refractivity contribution is 7.92. The lowest BCUT2D eigenvalue weighted by atomic mass is 10.1. The molecule has 0 aromatic carbocycles. The minimum atomic E-state index is -3.38. The Labute approximate surface area is 158 Å². The maximum Gasteiger partial charge on any atom is 0.233 e. The Kier molecular flexibility index (Phi) is 4.48. The van der Waals surface area contributed by atoms with Crippen molar-refractivity contribution in [3.05, 3.63) is 47.4 Å². The van der Waals surface area contributed by atoms with Gasteiger partial charge in [-0.2, -0.15) is 0 Å². The highest BCUT2D eigenvalue weighted by Gasteiger charge is 2.19. The van der Waals surface area contributed by atoms with Crippen LogP contribution in [0.3, 0.4) is 0 Å². The lowest BCUT2D eigenvalue weighted by Crippen LogP contribution is -2.27. The minimum Gasteiger partial charge on any atom is -0.380 e. The van der Waals surface area contributed by atoms with Gasteiger partial charge in [0, 0.05) is 67.8 Å². The highest BCUT2D eigenvalue weighted by Crippen LogP contribution is 2.30. The molecule has 1 aliphatic heterocycles. The molecule has 142 valence electrons. The van der Waals surface area contributed by atoms with E-state index in [9.17, 15) is 8.42 Å². The molecule has 0 spiro atoms. The summed E-state index contributed by atoms with van der Waals surface area (Å²) >= 11 is 0. The van der Waals surface area contributed by atoms with E-state index in [1.165, 1.54) is 28.9 Å². The SMILES string of the molecule is CN(c1ncccc1CNc1ccnc2[nH]c3c(c12)CNCC3)S(C)(=O)=O. The summed E-state index contributed by atoms with van der Waals surface area (Å²) in [5, 5.41) is 7.92. The summed E-state index contributed by atoms with van der Waals surface area (Å²) < 4.78 is 25.0. The fraction of sp³-hybridized carbons (Fsp3) is 0.333. The van der Waals surface area contributed by atoms with Gasteiger partial charge in [0.1, 0.15) is 11.5 Å². The van der Waals surface area contributed by atoms with E-state index in [1.54, 1.807) is 18.5 Å². The zero-order valence-electron chi connectivity index (χ0n) is 15.3. The first-order chi connectivity index (χ1) is 12.9. The fourth-order valence-electron chi connectivity index (χ4n) is 3.41. The number of aromatic nitrogens is 3. The van der Waals surface area contributed by atoms with Gasteiger partial charge in [-0.05, 0) is 17.7 Å². The summed E-state index contributed by atoms with van der Waals surface area (Å²) in [6, 6.07) is 5.63. The van der Waals surface area contributed by atoms with Crippen molar-refractivity contribution in [1.29, 1.82) is 0 Å². The summed E-state index contributed by atoms with van der Waals surface area (Å²) in [6.45, 7) is 2.22. The van der Waals surface area contributed by atoms with Crippen LogP contribution in [-0.4, -0.2) is 43.2 Å². The van der Waals surface area contributed by atoms with E-state index < -0.39 is 10.0 Å². The Hall–Kier alpha value is -2.65. The lowest BCUT2D eigenvalue weighted by molar-refractivity contribution is 0.599. The van der Waals surface area contributed by atoms with Gasteiger partial charge in [0.15, 0.2) is 0 Å². The number of anilines is 2. The summed E-state index contributed by atoms with van der Waals surface area (Å²) in [5.41, 5.74) is 5.11. The molecule has 0 fully saturated rings. The molecule has 3 aromatic rings. The van der Waals surface area contributed by atoms with E-state index in [0.29, 0.717) is 12.4 Å². The first-order valence-corrected chi connectivity index (χ1v) is 10.6. The third-order valence-corrected chi connectivity index (χ3v) is 6.04. The molecule has 0 aliphatic carbocycles. The van der Waals surface area contributed by atoms with E-state index in [1.807, 2.05) is 12.1 Å². The molecule has 0 radical (unpaired) electrons. The van der Waals surface area contributed by atoms with Gasteiger partial charge in [0.2, 0.25) is 10.0 Å². The largest absolute Gasteiger partial charge is 0.380 e. The third kappa shape index (κ3) is 3.35. The Morgan fingerprint density at radius 2 is 2.11 bits per heavy atom. The molecule has 9 heteroatoms. The van der Waals surface area contributed by atoms with E-state index in [2.05, 4.69) is 25.6 Å².